The van der Waals surface area contributed by atoms with E-state index in [9.17, 15) is 0 Å². The lowest BCUT2D eigenvalue weighted by molar-refractivity contribution is 0.415. The second kappa shape index (κ2) is 9.31. The Balaban J connectivity index is 1.53. The Morgan fingerprint density at radius 3 is 2.39 bits per heavy atom. The van der Waals surface area contributed by atoms with E-state index in [0.717, 1.165) is 65.9 Å². The summed E-state index contributed by atoms with van der Waals surface area (Å²) in [6.07, 6.45) is 0. The fourth-order valence-electron chi connectivity index (χ4n) is 3.56. The van der Waals surface area contributed by atoms with Crippen LogP contribution in [0.5, 0.6) is 5.75 Å². The number of halogens is 1. The van der Waals surface area contributed by atoms with Crippen molar-refractivity contribution in [1.82, 2.24) is 9.97 Å². The maximum atomic E-state index is 6.38. The average Bonchev–Trinajstić information content (AvgIpc) is 2.79. The largest absolute Gasteiger partial charge is 0.497 e. The van der Waals surface area contributed by atoms with E-state index < -0.39 is 0 Å². The first kappa shape index (κ1) is 21.1. The van der Waals surface area contributed by atoms with Crippen LogP contribution in [-0.2, 0) is 0 Å². The first-order valence-electron chi connectivity index (χ1n) is 10.3. The lowest BCUT2D eigenvalue weighted by Gasteiger charge is -2.36. The predicted octanol–water partition coefficient (Wildman–Crippen LogP) is 4.27. The molecule has 1 aromatic heterocycles. The summed E-state index contributed by atoms with van der Waals surface area (Å²) in [6, 6.07) is 17.7. The van der Waals surface area contributed by atoms with E-state index in [1.165, 1.54) is 0 Å². The minimum atomic E-state index is 0.718. The molecule has 1 fully saturated rings. The van der Waals surface area contributed by atoms with Crippen LogP contribution in [0.2, 0.25) is 5.02 Å². The van der Waals surface area contributed by atoms with Gasteiger partial charge in [-0.1, -0.05) is 29.8 Å². The molecule has 1 aliphatic rings. The molecule has 0 bridgehead atoms. The number of hydrogen-bond donors (Lipinski definition) is 1. The summed E-state index contributed by atoms with van der Waals surface area (Å²) in [4.78, 5) is 16.1. The van der Waals surface area contributed by atoms with Crippen molar-refractivity contribution in [3.05, 3.63) is 59.6 Å². The van der Waals surface area contributed by atoms with Gasteiger partial charge in [-0.15, -0.1) is 0 Å². The number of nitrogens with zero attached hydrogens (tertiary/aromatic N) is 5. The number of anilines is 5. The van der Waals surface area contributed by atoms with E-state index in [1.54, 1.807) is 7.11 Å². The standard InChI is InChI=1S/C23H27ClN6O/c1-28(2)22-16-21(25-17-7-6-8-18(15-17)31-3)26-23(27-22)30-13-11-29(12-14-30)20-10-5-4-9-19(20)24/h4-10,15-16H,11-14H2,1-3H3,(H,25,26,27). The third-order valence-corrected chi connectivity index (χ3v) is 5.58. The second-order valence-electron chi connectivity index (χ2n) is 7.59. The molecule has 162 valence electrons. The number of para-hydroxylation sites is 1. The van der Waals surface area contributed by atoms with E-state index in [2.05, 4.69) is 21.2 Å². The van der Waals surface area contributed by atoms with Crippen LogP contribution in [0, 0.1) is 0 Å². The first-order valence-corrected chi connectivity index (χ1v) is 10.6. The van der Waals surface area contributed by atoms with Gasteiger partial charge in [0.2, 0.25) is 5.95 Å². The number of nitrogens with one attached hydrogen (secondary N) is 1. The number of methoxy groups -OCH3 is 1. The molecule has 7 nitrogen and oxygen atoms in total. The van der Waals surface area contributed by atoms with Gasteiger partial charge in [0.05, 0.1) is 17.8 Å². The van der Waals surface area contributed by atoms with E-state index >= 15 is 0 Å². The number of benzene rings is 2. The van der Waals surface area contributed by atoms with Crippen LogP contribution >= 0.6 is 11.6 Å². The third-order valence-electron chi connectivity index (χ3n) is 5.26. The molecule has 0 aliphatic carbocycles. The molecule has 8 heteroatoms. The van der Waals surface area contributed by atoms with E-state index in [1.807, 2.05) is 67.5 Å². The van der Waals surface area contributed by atoms with Crippen molar-refractivity contribution in [1.29, 1.82) is 0 Å². The Labute approximate surface area is 188 Å². The molecule has 1 aliphatic heterocycles. The summed E-state index contributed by atoms with van der Waals surface area (Å²) < 4.78 is 5.33. The molecular weight excluding hydrogens is 412 g/mol. The van der Waals surface area contributed by atoms with Gasteiger partial charge in [-0.05, 0) is 24.3 Å². The number of hydrogen-bond acceptors (Lipinski definition) is 7. The molecule has 0 unspecified atom stereocenters. The number of aromatic nitrogens is 2. The molecule has 0 spiro atoms. The minimum absolute atomic E-state index is 0.718. The summed E-state index contributed by atoms with van der Waals surface area (Å²) in [6.45, 7) is 3.36. The summed E-state index contributed by atoms with van der Waals surface area (Å²) in [5.74, 6) is 3.11. The first-order chi connectivity index (χ1) is 15.0. The maximum absolute atomic E-state index is 6.38. The van der Waals surface area contributed by atoms with Gasteiger partial charge in [0.1, 0.15) is 17.4 Å². The number of rotatable bonds is 6. The molecule has 0 saturated carbocycles. The number of piperazine rings is 1. The fraction of sp³-hybridized carbons (Fsp3) is 0.304. The normalized spacial score (nSPS) is 13.8. The molecule has 1 N–H and O–H groups in total. The molecule has 1 saturated heterocycles. The van der Waals surface area contributed by atoms with Crippen molar-refractivity contribution < 1.29 is 4.74 Å². The highest BCUT2D eigenvalue weighted by Gasteiger charge is 2.22. The van der Waals surface area contributed by atoms with Crippen LogP contribution in [0.15, 0.2) is 54.6 Å². The summed E-state index contributed by atoms with van der Waals surface area (Å²) >= 11 is 6.38. The number of ether oxygens (including phenoxy) is 1. The zero-order valence-corrected chi connectivity index (χ0v) is 18.8. The highest BCUT2D eigenvalue weighted by molar-refractivity contribution is 6.33. The third kappa shape index (κ3) is 4.94. The van der Waals surface area contributed by atoms with Gasteiger partial charge in [-0.2, -0.15) is 9.97 Å². The van der Waals surface area contributed by atoms with Gasteiger partial charge in [0.15, 0.2) is 0 Å². The molecule has 3 aromatic rings. The smallest absolute Gasteiger partial charge is 0.229 e. The predicted molar refractivity (Wildman–Crippen MR) is 129 cm³/mol. The van der Waals surface area contributed by atoms with Crippen molar-refractivity contribution in [2.45, 2.75) is 0 Å². The minimum Gasteiger partial charge on any atom is -0.497 e. The van der Waals surface area contributed by atoms with Crippen LogP contribution in [0.4, 0.5) is 29.0 Å². The van der Waals surface area contributed by atoms with Crippen LogP contribution < -0.4 is 24.8 Å². The second-order valence-corrected chi connectivity index (χ2v) is 8.00. The van der Waals surface area contributed by atoms with Crippen molar-refractivity contribution in [2.75, 3.05) is 67.4 Å². The zero-order valence-electron chi connectivity index (χ0n) is 18.0. The Morgan fingerprint density at radius 2 is 1.68 bits per heavy atom. The Bertz CT molecular complexity index is 1040. The Hall–Kier alpha value is -3.19. The fourth-order valence-corrected chi connectivity index (χ4v) is 3.82. The van der Waals surface area contributed by atoms with Crippen molar-refractivity contribution >= 4 is 40.6 Å². The van der Waals surface area contributed by atoms with E-state index in [4.69, 9.17) is 26.3 Å². The van der Waals surface area contributed by atoms with Crippen molar-refractivity contribution in [2.24, 2.45) is 0 Å². The molecule has 2 heterocycles. The molecule has 31 heavy (non-hydrogen) atoms. The lowest BCUT2D eigenvalue weighted by atomic mass is 10.2. The zero-order chi connectivity index (χ0) is 21.8. The Morgan fingerprint density at radius 1 is 0.935 bits per heavy atom. The van der Waals surface area contributed by atoms with Gasteiger partial charge in [0.25, 0.3) is 0 Å². The average molecular weight is 439 g/mol. The van der Waals surface area contributed by atoms with Crippen LogP contribution in [0.1, 0.15) is 0 Å². The summed E-state index contributed by atoms with van der Waals surface area (Å²) in [7, 11) is 5.63. The monoisotopic (exact) mass is 438 g/mol. The molecule has 0 amide bonds. The van der Waals surface area contributed by atoms with Crippen molar-refractivity contribution in [3.63, 3.8) is 0 Å². The highest BCUT2D eigenvalue weighted by atomic mass is 35.5. The van der Waals surface area contributed by atoms with Gasteiger partial charge < -0.3 is 24.8 Å². The summed E-state index contributed by atoms with van der Waals surface area (Å²) in [5.41, 5.74) is 1.99. The van der Waals surface area contributed by atoms with Crippen LogP contribution in [-0.4, -0.2) is 57.4 Å². The van der Waals surface area contributed by atoms with Crippen LogP contribution in [0.3, 0.4) is 0 Å². The Kier molecular flexibility index (Phi) is 6.32. The van der Waals surface area contributed by atoms with Gasteiger partial charge in [0, 0.05) is 58.1 Å². The SMILES string of the molecule is COc1cccc(Nc2cc(N(C)C)nc(N3CCN(c4ccccc4Cl)CC3)n2)c1. The summed E-state index contributed by atoms with van der Waals surface area (Å²) in [5, 5.41) is 4.17. The van der Waals surface area contributed by atoms with Gasteiger partial charge in [-0.3, -0.25) is 0 Å². The van der Waals surface area contributed by atoms with Crippen molar-refractivity contribution in [3.8, 4) is 5.75 Å². The molecule has 4 rings (SSSR count). The van der Waals surface area contributed by atoms with Crippen LogP contribution in [0.25, 0.3) is 0 Å². The van der Waals surface area contributed by atoms with Gasteiger partial charge >= 0.3 is 0 Å². The molecular formula is C23H27ClN6O. The lowest BCUT2D eigenvalue weighted by Crippen LogP contribution is -2.47. The van der Waals surface area contributed by atoms with E-state index in [0.29, 0.717) is 0 Å². The highest BCUT2D eigenvalue weighted by Crippen LogP contribution is 2.28. The van der Waals surface area contributed by atoms with E-state index in [-0.39, 0.29) is 0 Å². The molecule has 0 atom stereocenters. The molecule has 0 radical (unpaired) electrons. The molecule has 2 aromatic carbocycles. The quantitative estimate of drug-likeness (QED) is 0.616. The topological polar surface area (TPSA) is 56.8 Å². The maximum Gasteiger partial charge on any atom is 0.229 e. The van der Waals surface area contributed by atoms with Gasteiger partial charge in [-0.25, -0.2) is 0 Å².